The Morgan fingerprint density at radius 1 is 1.07 bits per heavy atom. The first kappa shape index (κ1) is 18.7. The van der Waals surface area contributed by atoms with Crippen LogP contribution in [0.25, 0.3) is 6.08 Å². The van der Waals surface area contributed by atoms with Crippen molar-refractivity contribution in [3.05, 3.63) is 76.4 Å². The Kier molecular flexibility index (Phi) is 5.57. The van der Waals surface area contributed by atoms with Crippen LogP contribution in [-0.2, 0) is 9.59 Å². The zero-order chi connectivity index (χ0) is 19.4. The molecule has 7 heteroatoms. The summed E-state index contributed by atoms with van der Waals surface area (Å²) < 4.78 is 0. The van der Waals surface area contributed by atoms with Gasteiger partial charge in [0, 0.05) is 23.7 Å². The molecule has 2 N–H and O–H groups in total. The topological polar surface area (TPSA) is 78.5 Å². The van der Waals surface area contributed by atoms with Gasteiger partial charge in [0.05, 0.1) is 12.5 Å². The van der Waals surface area contributed by atoms with Crippen molar-refractivity contribution in [3.63, 3.8) is 0 Å². The number of rotatable bonds is 3. The first-order valence-electron chi connectivity index (χ1n) is 8.36. The molecule has 1 aliphatic heterocycles. The summed E-state index contributed by atoms with van der Waals surface area (Å²) in [5, 5.41) is 0.427. The maximum Gasteiger partial charge on any atom is 0.269 e. The van der Waals surface area contributed by atoms with Gasteiger partial charge in [-0.25, -0.2) is 0 Å². The quantitative estimate of drug-likeness (QED) is 0.799. The molecule has 6 nitrogen and oxygen atoms in total. The first-order valence-corrected chi connectivity index (χ1v) is 8.74. The summed E-state index contributed by atoms with van der Waals surface area (Å²) in [6.07, 6.45) is 3.52. The predicted molar refractivity (Wildman–Crippen MR) is 102 cm³/mol. The van der Waals surface area contributed by atoms with Crippen LogP contribution in [0.2, 0.25) is 5.02 Å². The fourth-order valence-electron chi connectivity index (χ4n) is 2.97. The molecule has 1 heterocycles. The third-order valence-corrected chi connectivity index (χ3v) is 4.49. The monoisotopic (exact) mass is 383 g/mol. The van der Waals surface area contributed by atoms with Crippen molar-refractivity contribution >= 4 is 35.4 Å². The van der Waals surface area contributed by atoms with E-state index in [1.807, 2.05) is 30.3 Å². The van der Waals surface area contributed by atoms with Crippen LogP contribution in [0.5, 0.6) is 0 Å². The number of fused-ring (bicyclic) bond motifs is 1. The third kappa shape index (κ3) is 4.35. The van der Waals surface area contributed by atoms with Gasteiger partial charge in [-0.15, -0.1) is 0 Å². The molecule has 2 aromatic rings. The van der Waals surface area contributed by atoms with Crippen molar-refractivity contribution in [2.24, 2.45) is 0 Å². The molecule has 3 amide bonds. The average molecular weight is 384 g/mol. The normalized spacial score (nSPS) is 15.0. The van der Waals surface area contributed by atoms with Crippen LogP contribution in [0, 0.1) is 0 Å². The van der Waals surface area contributed by atoms with Crippen molar-refractivity contribution in [1.82, 2.24) is 15.8 Å². The number of nitrogens with zero attached hydrogens (tertiary/aromatic N) is 1. The van der Waals surface area contributed by atoms with E-state index in [1.54, 1.807) is 24.4 Å². The molecular formula is C20H18ClN3O3. The number of amides is 3. The average Bonchev–Trinajstić information content (AvgIpc) is 2.66. The number of nitrogens with one attached hydrogen (secondary N) is 2. The van der Waals surface area contributed by atoms with Crippen LogP contribution in [0.1, 0.15) is 40.9 Å². The lowest BCUT2D eigenvalue weighted by atomic mass is 9.93. The molecule has 0 aliphatic carbocycles. The Hall–Kier alpha value is -3.12. The summed E-state index contributed by atoms with van der Waals surface area (Å²) in [6, 6.07) is 13.5. The summed E-state index contributed by atoms with van der Waals surface area (Å²) in [5.41, 5.74) is 6.93. The minimum Gasteiger partial charge on any atom is -0.311 e. The Morgan fingerprint density at radius 3 is 2.59 bits per heavy atom. The second-order valence-corrected chi connectivity index (χ2v) is 6.54. The van der Waals surface area contributed by atoms with E-state index in [-0.39, 0.29) is 12.3 Å². The van der Waals surface area contributed by atoms with E-state index in [0.29, 0.717) is 10.6 Å². The molecular weight excluding hydrogens is 366 g/mol. The molecule has 0 fully saturated rings. The Labute approximate surface area is 161 Å². The summed E-state index contributed by atoms with van der Waals surface area (Å²) in [4.78, 5) is 37.9. The van der Waals surface area contributed by atoms with Crippen molar-refractivity contribution in [1.29, 1.82) is 0 Å². The molecule has 0 aromatic heterocycles. The van der Waals surface area contributed by atoms with Gasteiger partial charge in [0.2, 0.25) is 11.8 Å². The van der Waals surface area contributed by atoms with Gasteiger partial charge in [-0.1, -0.05) is 41.9 Å². The molecule has 0 saturated carbocycles. The Balaban J connectivity index is 1.68. The van der Waals surface area contributed by atoms with Crippen molar-refractivity contribution in [2.75, 3.05) is 0 Å². The van der Waals surface area contributed by atoms with Crippen molar-refractivity contribution in [2.45, 2.75) is 19.4 Å². The van der Waals surface area contributed by atoms with Crippen molar-refractivity contribution in [3.8, 4) is 0 Å². The number of hydrogen-bond donors (Lipinski definition) is 2. The molecule has 0 saturated heterocycles. The largest absolute Gasteiger partial charge is 0.311 e. The van der Waals surface area contributed by atoms with Crippen LogP contribution in [-0.4, -0.2) is 22.6 Å². The van der Waals surface area contributed by atoms with E-state index in [2.05, 4.69) is 10.9 Å². The van der Waals surface area contributed by atoms with E-state index in [4.69, 9.17) is 11.6 Å². The van der Waals surface area contributed by atoms with Crippen LogP contribution < -0.4 is 10.9 Å². The predicted octanol–water partition coefficient (Wildman–Crippen LogP) is 3.07. The zero-order valence-electron chi connectivity index (χ0n) is 14.6. The second kappa shape index (κ2) is 8.05. The first-order chi connectivity index (χ1) is 13.0. The van der Waals surface area contributed by atoms with E-state index in [9.17, 15) is 14.4 Å². The van der Waals surface area contributed by atoms with Crippen LogP contribution in [0.15, 0.2) is 54.7 Å². The second-order valence-electron chi connectivity index (χ2n) is 6.10. The van der Waals surface area contributed by atoms with E-state index in [1.165, 1.54) is 17.9 Å². The number of hydrogen-bond acceptors (Lipinski definition) is 3. The Bertz CT molecular complexity index is 926. The summed E-state index contributed by atoms with van der Waals surface area (Å²) in [5.74, 6) is -1.05. The van der Waals surface area contributed by atoms with Gasteiger partial charge < -0.3 is 4.90 Å². The summed E-state index contributed by atoms with van der Waals surface area (Å²) in [6.45, 7) is 1.45. The number of halogens is 1. The van der Waals surface area contributed by atoms with Gasteiger partial charge in [0.15, 0.2) is 0 Å². The highest BCUT2D eigenvalue weighted by molar-refractivity contribution is 6.30. The zero-order valence-corrected chi connectivity index (χ0v) is 15.4. The maximum atomic E-state index is 12.4. The van der Waals surface area contributed by atoms with Gasteiger partial charge in [0.1, 0.15) is 0 Å². The van der Waals surface area contributed by atoms with Gasteiger partial charge in [-0.2, -0.15) is 0 Å². The van der Waals surface area contributed by atoms with Crippen molar-refractivity contribution < 1.29 is 14.4 Å². The van der Waals surface area contributed by atoms with E-state index in [0.717, 1.165) is 11.1 Å². The molecule has 0 radical (unpaired) electrons. The number of hydrazine groups is 1. The highest BCUT2D eigenvalue weighted by Gasteiger charge is 2.28. The van der Waals surface area contributed by atoms with Gasteiger partial charge in [0.25, 0.3) is 5.91 Å². The molecule has 0 unspecified atom stereocenters. The minimum absolute atomic E-state index is 0.0107. The fourth-order valence-corrected chi connectivity index (χ4v) is 3.16. The number of carbonyl (C=O) groups excluding carboxylic acids is 3. The number of carbonyl (C=O) groups is 3. The van der Waals surface area contributed by atoms with Crippen LogP contribution >= 0.6 is 11.6 Å². The molecule has 138 valence electrons. The van der Waals surface area contributed by atoms with Gasteiger partial charge >= 0.3 is 0 Å². The van der Waals surface area contributed by atoms with Crippen LogP contribution in [0.3, 0.4) is 0 Å². The lowest BCUT2D eigenvalue weighted by Crippen LogP contribution is -2.43. The smallest absolute Gasteiger partial charge is 0.269 e. The van der Waals surface area contributed by atoms with E-state index < -0.39 is 17.9 Å². The molecule has 1 atom stereocenters. The molecule has 0 bridgehead atoms. The highest BCUT2D eigenvalue weighted by atomic mass is 35.5. The maximum absolute atomic E-state index is 12.4. The van der Waals surface area contributed by atoms with Gasteiger partial charge in [-0.3, -0.25) is 25.2 Å². The SMILES string of the molecule is CC(=O)N1C=Cc2ccccc2[C@H]1CC(=O)NNC(=O)c1cccc(Cl)c1. The fraction of sp³-hybridized carbons (Fsp3) is 0.150. The molecule has 27 heavy (non-hydrogen) atoms. The standard InChI is InChI=1S/C20H18ClN3O3/c1-13(25)24-10-9-14-5-2-3-8-17(14)18(24)12-19(26)22-23-20(27)15-6-4-7-16(21)11-15/h2-11,18H,12H2,1H3,(H,22,26)(H,23,27)/t18-/m1/s1. The molecule has 0 spiro atoms. The number of benzene rings is 2. The van der Waals surface area contributed by atoms with E-state index >= 15 is 0 Å². The minimum atomic E-state index is -0.474. The van der Waals surface area contributed by atoms with Gasteiger partial charge in [-0.05, 0) is 35.4 Å². The lowest BCUT2D eigenvalue weighted by Gasteiger charge is -2.32. The summed E-state index contributed by atoms with van der Waals surface area (Å²) >= 11 is 5.86. The molecule has 2 aromatic carbocycles. The summed E-state index contributed by atoms with van der Waals surface area (Å²) in [7, 11) is 0. The third-order valence-electron chi connectivity index (χ3n) is 4.25. The molecule has 1 aliphatic rings. The van der Waals surface area contributed by atoms with Crippen LogP contribution in [0.4, 0.5) is 0 Å². The lowest BCUT2D eigenvalue weighted by molar-refractivity contribution is -0.130. The highest BCUT2D eigenvalue weighted by Crippen LogP contribution is 2.32. The molecule has 3 rings (SSSR count). The Morgan fingerprint density at radius 2 is 1.85 bits per heavy atom.